The highest BCUT2D eigenvalue weighted by molar-refractivity contribution is 5.25. The molecule has 0 amide bonds. The molecule has 0 bridgehead atoms. The molecule has 1 aromatic rings. The highest BCUT2D eigenvalue weighted by Crippen LogP contribution is 2.16. The predicted molar refractivity (Wildman–Crippen MR) is 66.6 cm³/mol. The fourth-order valence-corrected chi connectivity index (χ4v) is 2.19. The Labute approximate surface area is 102 Å². The minimum absolute atomic E-state index is 0.0796. The van der Waals surface area contributed by atoms with Crippen molar-refractivity contribution in [3.05, 3.63) is 35.9 Å². The molecule has 1 heterocycles. The summed E-state index contributed by atoms with van der Waals surface area (Å²) < 4.78 is 5.49. The van der Waals surface area contributed by atoms with Gasteiger partial charge in [-0.3, -0.25) is 0 Å². The smallest absolute Gasteiger partial charge is 0.0837 e. The van der Waals surface area contributed by atoms with E-state index in [-0.39, 0.29) is 12.0 Å². The lowest BCUT2D eigenvalue weighted by atomic mass is 10.00. The maximum Gasteiger partial charge on any atom is 0.0837 e. The van der Waals surface area contributed by atoms with Crippen LogP contribution in [0.2, 0.25) is 0 Å². The Kier molecular flexibility index (Phi) is 4.13. The largest absolute Gasteiger partial charge is 0.377 e. The molecular formula is C14H18N2O. The van der Waals surface area contributed by atoms with Crippen molar-refractivity contribution >= 4 is 0 Å². The molecule has 1 fully saturated rings. The van der Waals surface area contributed by atoms with Crippen LogP contribution in [0, 0.1) is 11.3 Å². The first-order chi connectivity index (χ1) is 8.31. The Morgan fingerprint density at radius 2 is 2.24 bits per heavy atom. The maximum absolute atomic E-state index is 9.20. The summed E-state index contributed by atoms with van der Waals surface area (Å²) in [6.07, 6.45) is 1.29. The maximum atomic E-state index is 9.20. The molecule has 1 aromatic carbocycles. The van der Waals surface area contributed by atoms with Gasteiger partial charge < -0.3 is 10.1 Å². The van der Waals surface area contributed by atoms with Gasteiger partial charge in [0.15, 0.2) is 0 Å². The van der Waals surface area contributed by atoms with Gasteiger partial charge in [0.1, 0.15) is 0 Å². The van der Waals surface area contributed by atoms with E-state index in [4.69, 9.17) is 4.74 Å². The van der Waals surface area contributed by atoms with Crippen LogP contribution in [-0.2, 0) is 4.74 Å². The zero-order valence-electron chi connectivity index (χ0n) is 10.1. The second-order valence-corrected chi connectivity index (χ2v) is 4.47. The van der Waals surface area contributed by atoms with Gasteiger partial charge in [0.05, 0.1) is 18.1 Å². The summed E-state index contributed by atoms with van der Waals surface area (Å²) in [5, 5.41) is 12.6. The number of nitrogens with zero attached hydrogens (tertiary/aromatic N) is 1. The number of benzene rings is 1. The summed E-state index contributed by atoms with van der Waals surface area (Å²) in [5.74, 6) is -0.0796. The van der Waals surface area contributed by atoms with Gasteiger partial charge in [-0.05, 0) is 18.9 Å². The second-order valence-electron chi connectivity index (χ2n) is 4.47. The van der Waals surface area contributed by atoms with Crippen LogP contribution in [0.25, 0.3) is 0 Å². The van der Waals surface area contributed by atoms with E-state index in [1.165, 1.54) is 0 Å². The lowest BCUT2D eigenvalue weighted by Gasteiger charge is -2.18. The third-order valence-electron chi connectivity index (χ3n) is 3.32. The fourth-order valence-electron chi connectivity index (χ4n) is 2.19. The Balaban J connectivity index is 1.91. The first kappa shape index (κ1) is 12.1. The monoisotopic (exact) mass is 230 g/mol. The molecule has 3 heteroatoms. The molecule has 17 heavy (non-hydrogen) atoms. The van der Waals surface area contributed by atoms with Crippen LogP contribution in [0.15, 0.2) is 30.3 Å². The third-order valence-corrected chi connectivity index (χ3v) is 3.32. The van der Waals surface area contributed by atoms with E-state index in [9.17, 15) is 5.26 Å². The topological polar surface area (TPSA) is 45.0 Å². The minimum Gasteiger partial charge on any atom is -0.377 e. The SMILES string of the molecule is CC1OCCC1NCC(C#N)c1ccccc1. The number of nitriles is 1. The molecule has 3 atom stereocenters. The molecule has 3 nitrogen and oxygen atoms in total. The molecule has 0 aromatic heterocycles. The van der Waals surface area contributed by atoms with Crippen LogP contribution in [0.1, 0.15) is 24.8 Å². The molecular weight excluding hydrogens is 212 g/mol. The molecule has 0 aliphatic carbocycles. The van der Waals surface area contributed by atoms with Crippen molar-refractivity contribution in [3.8, 4) is 6.07 Å². The molecule has 90 valence electrons. The average molecular weight is 230 g/mol. The molecule has 0 saturated carbocycles. The van der Waals surface area contributed by atoms with Gasteiger partial charge in [-0.25, -0.2) is 0 Å². The molecule has 0 radical (unpaired) electrons. The van der Waals surface area contributed by atoms with Gasteiger partial charge in [0, 0.05) is 19.2 Å². The van der Waals surface area contributed by atoms with Crippen LogP contribution in [0.4, 0.5) is 0 Å². The standard InChI is InChI=1S/C14H18N2O/c1-11-14(7-8-17-11)16-10-13(9-15)12-5-3-2-4-6-12/h2-6,11,13-14,16H,7-8,10H2,1H3. The van der Waals surface area contributed by atoms with Crippen molar-refractivity contribution in [3.63, 3.8) is 0 Å². The van der Waals surface area contributed by atoms with Crippen LogP contribution < -0.4 is 5.32 Å². The second kappa shape index (κ2) is 5.81. The quantitative estimate of drug-likeness (QED) is 0.861. The van der Waals surface area contributed by atoms with Crippen LogP contribution in [0.5, 0.6) is 0 Å². The van der Waals surface area contributed by atoms with Crippen LogP contribution in [-0.4, -0.2) is 25.3 Å². The Morgan fingerprint density at radius 3 is 2.82 bits per heavy atom. The molecule has 1 aliphatic rings. The zero-order chi connectivity index (χ0) is 12.1. The van der Waals surface area contributed by atoms with Crippen molar-refractivity contribution in [2.45, 2.75) is 31.4 Å². The van der Waals surface area contributed by atoms with Crippen molar-refractivity contribution in [1.82, 2.24) is 5.32 Å². The molecule has 3 unspecified atom stereocenters. The summed E-state index contributed by atoms with van der Waals surface area (Å²) in [5.41, 5.74) is 1.08. The van der Waals surface area contributed by atoms with Gasteiger partial charge in [-0.1, -0.05) is 30.3 Å². The van der Waals surface area contributed by atoms with E-state index in [0.717, 1.165) is 18.6 Å². The van der Waals surface area contributed by atoms with E-state index in [2.05, 4.69) is 18.3 Å². The summed E-state index contributed by atoms with van der Waals surface area (Å²) in [6, 6.07) is 12.7. The van der Waals surface area contributed by atoms with E-state index in [1.54, 1.807) is 0 Å². The third kappa shape index (κ3) is 3.06. The van der Waals surface area contributed by atoms with E-state index in [0.29, 0.717) is 12.6 Å². The summed E-state index contributed by atoms with van der Waals surface area (Å²) in [7, 11) is 0. The van der Waals surface area contributed by atoms with Gasteiger partial charge in [0.25, 0.3) is 0 Å². The number of ether oxygens (including phenoxy) is 1. The highest BCUT2D eigenvalue weighted by Gasteiger charge is 2.24. The van der Waals surface area contributed by atoms with E-state index in [1.807, 2.05) is 30.3 Å². The molecule has 1 aliphatic heterocycles. The van der Waals surface area contributed by atoms with E-state index < -0.39 is 0 Å². The normalized spacial score (nSPS) is 25.4. The lowest BCUT2D eigenvalue weighted by Crippen LogP contribution is -2.37. The van der Waals surface area contributed by atoms with Crippen LogP contribution >= 0.6 is 0 Å². The van der Waals surface area contributed by atoms with Gasteiger partial charge in [0.2, 0.25) is 0 Å². The Bertz CT molecular complexity index is 385. The first-order valence-electron chi connectivity index (χ1n) is 6.11. The Morgan fingerprint density at radius 1 is 1.47 bits per heavy atom. The molecule has 2 rings (SSSR count). The van der Waals surface area contributed by atoms with Crippen molar-refractivity contribution in [2.24, 2.45) is 0 Å². The number of hydrogen-bond donors (Lipinski definition) is 1. The molecule has 1 saturated heterocycles. The summed E-state index contributed by atoms with van der Waals surface area (Å²) in [6.45, 7) is 3.59. The number of nitrogens with one attached hydrogen (secondary N) is 1. The minimum atomic E-state index is -0.0796. The fraction of sp³-hybridized carbons (Fsp3) is 0.500. The molecule has 0 spiro atoms. The first-order valence-corrected chi connectivity index (χ1v) is 6.11. The Hall–Kier alpha value is -1.37. The van der Waals surface area contributed by atoms with Crippen molar-refractivity contribution in [1.29, 1.82) is 5.26 Å². The van der Waals surface area contributed by atoms with Crippen LogP contribution in [0.3, 0.4) is 0 Å². The van der Waals surface area contributed by atoms with E-state index >= 15 is 0 Å². The average Bonchev–Trinajstić information content (AvgIpc) is 2.77. The lowest BCUT2D eigenvalue weighted by molar-refractivity contribution is 0.113. The zero-order valence-corrected chi connectivity index (χ0v) is 10.1. The summed E-state index contributed by atoms with van der Waals surface area (Å²) in [4.78, 5) is 0. The predicted octanol–water partition coefficient (Wildman–Crippen LogP) is 2.06. The van der Waals surface area contributed by atoms with Gasteiger partial charge in [-0.15, -0.1) is 0 Å². The molecule has 1 N–H and O–H groups in total. The highest BCUT2D eigenvalue weighted by atomic mass is 16.5. The summed E-state index contributed by atoms with van der Waals surface area (Å²) >= 11 is 0. The van der Waals surface area contributed by atoms with Crippen molar-refractivity contribution < 1.29 is 4.74 Å². The van der Waals surface area contributed by atoms with Crippen molar-refractivity contribution in [2.75, 3.05) is 13.2 Å². The van der Waals surface area contributed by atoms with Gasteiger partial charge in [-0.2, -0.15) is 5.26 Å². The number of rotatable bonds is 4. The van der Waals surface area contributed by atoms with Gasteiger partial charge >= 0.3 is 0 Å². The number of hydrogen-bond acceptors (Lipinski definition) is 3.